The zero-order chi connectivity index (χ0) is 7.14. The van der Waals surface area contributed by atoms with Crippen molar-refractivity contribution in [3.05, 3.63) is 0 Å². The molecule has 0 aliphatic carbocycles. The number of hydrogen-bond acceptors (Lipinski definition) is 2. The molecule has 0 spiro atoms. The van der Waals surface area contributed by atoms with Crippen LogP contribution in [0.25, 0.3) is 0 Å². The van der Waals surface area contributed by atoms with Gasteiger partial charge in [-0.15, -0.1) is 0 Å². The number of hydrogen-bond donors (Lipinski definition) is 0. The van der Waals surface area contributed by atoms with Gasteiger partial charge in [-0.05, 0) is 5.82 Å². The molecule has 2 rings (SSSR count). The minimum absolute atomic E-state index is 0.106. The SMILES string of the molecule is [B]C1CO[C@@H]2C(C)CO[C@H]12. The van der Waals surface area contributed by atoms with Gasteiger partial charge in [-0.3, -0.25) is 0 Å². The second-order valence-corrected chi connectivity index (χ2v) is 3.24. The second-order valence-electron chi connectivity index (χ2n) is 3.24. The van der Waals surface area contributed by atoms with Gasteiger partial charge in [0, 0.05) is 12.5 Å². The predicted molar refractivity (Wildman–Crippen MR) is 38.1 cm³/mol. The van der Waals surface area contributed by atoms with Crippen LogP contribution in [0.5, 0.6) is 0 Å². The Balaban J connectivity index is 2.09. The molecule has 0 N–H and O–H groups in total. The first-order valence-corrected chi connectivity index (χ1v) is 3.78. The van der Waals surface area contributed by atoms with E-state index in [-0.39, 0.29) is 18.0 Å². The molecule has 3 heteroatoms. The summed E-state index contributed by atoms with van der Waals surface area (Å²) >= 11 is 0. The van der Waals surface area contributed by atoms with Crippen molar-refractivity contribution in [3.8, 4) is 0 Å². The third-order valence-corrected chi connectivity index (χ3v) is 2.34. The zero-order valence-corrected chi connectivity index (χ0v) is 6.12. The molecule has 4 atom stereocenters. The highest BCUT2D eigenvalue weighted by Crippen LogP contribution is 2.35. The van der Waals surface area contributed by atoms with Crippen molar-refractivity contribution in [2.24, 2.45) is 5.92 Å². The molecular weight excluding hydrogens is 127 g/mol. The van der Waals surface area contributed by atoms with Crippen molar-refractivity contribution in [2.45, 2.75) is 24.9 Å². The Kier molecular flexibility index (Phi) is 1.50. The molecule has 2 aliphatic heterocycles. The van der Waals surface area contributed by atoms with Crippen LogP contribution >= 0.6 is 0 Å². The van der Waals surface area contributed by atoms with E-state index >= 15 is 0 Å². The van der Waals surface area contributed by atoms with Crippen LogP contribution in [0, 0.1) is 5.92 Å². The summed E-state index contributed by atoms with van der Waals surface area (Å²) in [5.74, 6) is 0.633. The van der Waals surface area contributed by atoms with E-state index in [4.69, 9.17) is 17.3 Å². The van der Waals surface area contributed by atoms with Crippen LogP contribution in [0.3, 0.4) is 0 Å². The van der Waals surface area contributed by atoms with Gasteiger partial charge in [0.05, 0.1) is 26.7 Å². The van der Waals surface area contributed by atoms with E-state index in [2.05, 4.69) is 6.92 Å². The largest absolute Gasteiger partial charge is 0.376 e. The summed E-state index contributed by atoms with van der Waals surface area (Å²) in [4.78, 5) is 0. The Morgan fingerprint density at radius 2 is 1.90 bits per heavy atom. The average molecular weight is 138 g/mol. The van der Waals surface area contributed by atoms with Gasteiger partial charge in [0.25, 0.3) is 0 Å². The van der Waals surface area contributed by atoms with E-state index in [1.54, 1.807) is 0 Å². The highest BCUT2D eigenvalue weighted by Gasteiger charge is 2.43. The smallest absolute Gasteiger partial charge is 0.0880 e. The summed E-state index contributed by atoms with van der Waals surface area (Å²) < 4.78 is 10.9. The normalized spacial score (nSPS) is 53.3. The molecule has 2 radical (unpaired) electrons. The minimum Gasteiger partial charge on any atom is -0.376 e. The summed E-state index contributed by atoms with van der Waals surface area (Å²) in [5, 5.41) is 0. The van der Waals surface area contributed by atoms with Crippen molar-refractivity contribution in [3.63, 3.8) is 0 Å². The maximum Gasteiger partial charge on any atom is 0.0880 e. The number of rotatable bonds is 0. The fourth-order valence-electron chi connectivity index (χ4n) is 1.72. The van der Waals surface area contributed by atoms with E-state index in [1.165, 1.54) is 0 Å². The van der Waals surface area contributed by atoms with E-state index in [0.717, 1.165) is 6.61 Å². The van der Waals surface area contributed by atoms with Gasteiger partial charge in [-0.2, -0.15) is 0 Å². The minimum atomic E-state index is 0.106. The first kappa shape index (κ1) is 6.68. The molecule has 54 valence electrons. The van der Waals surface area contributed by atoms with Crippen LogP contribution < -0.4 is 0 Å². The van der Waals surface area contributed by atoms with E-state index in [1.807, 2.05) is 0 Å². The maximum atomic E-state index is 5.73. The Labute approximate surface area is 62.3 Å². The van der Waals surface area contributed by atoms with Crippen LogP contribution in [-0.2, 0) is 9.47 Å². The van der Waals surface area contributed by atoms with Gasteiger partial charge >= 0.3 is 0 Å². The lowest BCUT2D eigenvalue weighted by Crippen LogP contribution is -2.22. The van der Waals surface area contributed by atoms with Crippen molar-refractivity contribution in [2.75, 3.05) is 13.2 Å². The fraction of sp³-hybridized carbons (Fsp3) is 1.00. The Hall–Kier alpha value is -0.0151. The quantitative estimate of drug-likeness (QED) is 0.450. The summed E-state index contributed by atoms with van der Waals surface area (Å²) in [7, 11) is 5.73. The predicted octanol–water partition coefficient (Wildman–Crippen LogP) is 0.377. The van der Waals surface area contributed by atoms with Gasteiger partial charge in [0.2, 0.25) is 0 Å². The molecule has 0 aromatic heterocycles. The van der Waals surface area contributed by atoms with Gasteiger partial charge < -0.3 is 9.47 Å². The third kappa shape index (κ3) is 0.806. The monoisotopic (exact) mass is 138 g/mol. The van der Waals surface area contributed by atoms with Crippen LogP contribution in [0.2, 0.25) is 5.82 Å². The lowest BCUT2D eigenvalue weighted by atomic mass is 9.82. The molecule has 10 heavy (non-hydrogen) atoms. The molecule has 2 aliphatic rings. The molecule has 2 heterocycles. The lowest BCUT2D eigenvalue weighted by Gasteiger charge is -2.11. The molecule has 2 unspecified atom stereocenters. The van der Waals surface area contributed by atoms with E-state index in [9.17, 15) is 0 Å². The summed E-state index contributed by atoms with van der Waals surface area (Å²) in [6, 6.07) is 0. The van der Waals surface area contributed by atoms with Gasteiger partial charge in [0.1, 0.15) is 0 Å². The molecule has 2 saturated heterocycles. The second kappa shape index (κ2) is 2.24. The average Bonchev–Trinajstić information content (AvgIpc) is 2.41. The zero-order valence-electron chi connectivity index (χ0n) is 6.12. The van der Waals surface area contributed by atoms with Gasteiger partial charge in [-0.1, -0.05) is 6.92 Å². The molecule has 0 saturated carbocycles. The molecule has 0 amide bonds. The molecule has 0 bridgehead atoms. The van der Waals surface area contributed by atoms with Crippen LogP contribution in [0.15, 0.2) is 0 Å². The van der Waals surface area contributed by atoms with Crippen molar-refractivity contribution >= 4 is 7.85 Å². The van der Waals surface area contributed by atoms with Crippen molar-refractivity contribution < 1.29 is 9.47 Å². The highest BCUT2D eigenvalue weighted by atomic mass is 16.6. The van der Waals surface area contributed by atoms with Crippen molar-refractivity contribution in [1.82, 2.24) is 0 Å². The van der Waals surface area contributed by atoms with Gasteiger partial charge in [0.15, 0.2) is 0 Å². The van der Waals surface area contributed by atoms with Crippen LogP contribution in [0.4, 0.5) is 0 Å². The van der Waals surface area contributed by atoms with E-state index < -0.39 is 0 Å². The third-order valence-electron chi connectivity index (χ3n) is 2.34. The standard InChI is InChI=1S/C7H11BO2/c1-4-2-9-7-5(8)3-10-6(4)7/h4-7H,2-3H2,1H3/t4?,5?,6-,7-/m1/s1. The van der Waals surface area contributed by atoms with Crippen LogP contribution in [0.1, 0.15) is 6.92 Å². The molecule has 0 aromatic carbocycles. The maximum absolute atomic E-state index is 5.73. The summed E-state index contributed by atoms with van der Waals surface area (Å²) in [6.07, 6.45) is 0.449. The number of ether oxygens (including phenoxy) is 2. The topological polar surface area (TPSA) is 18.5 Å². The first-order valence-electron chi connectivity index (χ1n) is 3.78. The van der Waals surface area contributed by atoms with E-state index in [0.29, 0.717) is 12.5 Å². The molecule has 2 nitrogen and oxygen atoms in total. The number of fused-ring (bicyclic) bond motifs is 1. The first-order chi connectivity index (χ1) is 4.79. The molecule has 2 fully saturated rings. The Morgan fingerprint density at radius 1 is 1.20 bits per heavy atom. The van der Waals surface area contributed by atoms with Crippen LogP contribution in [-0.4, -0.2) is 33.3 Å². The fourth-order valence-corrected chi connectivity index (χ4v) is 1.72. The van der Waals surface area contributed by atoms with Gasteiger partial charge in [-0.25, -0.2) is 0 Å². The molecular formula is C7H11BO2. The Bertz CT molecular complexity index is 124. The molecule has 0 aromatic rings. The summed E-state index contributed by atoms with van der Waals surface area (Å²) in [6.45, 7) is 3.62. The highest BCUT2D eigenvalue weighted by molar-refractivity contribution is 6.12. The lowest BCUT2D eigenvalue weighted by molar-refractivity contribution is 0.0658. The van der Waals surface area contributed by atoms with Crippen molar-refractivity contribution in [1.29, 1.82) is 0 Å². The summed E-state index contributed by atoms with van der Waals surface area (Å²) in [5.41, 5.74) is 0. The Morgan fingerprint density at radius 3 is 2.60 bits per heavy atom.